The van der Waals surface area contributed by atoms with E-state index in [4.69, 9.17) is 15.2 Å². The summed E-state index contributed by atoms with van der Waals surface area (Å²) in [5.74, 6) is -0.0335. The maximum Gasteiger partial charge on any atom is 0.306 e. The fourth-order valence-corrected chi connectivity index (χ4v) is 3.49. The second kappa shape index (κ2) is 8.92. The number of nitrogen functional groups attached to an aromatic ring is 1. The van der Waals surface area contributed by atoms with Gasteiger partial charge in [0.2, 0.25) is 0 Å². The molecule has 5 heteroatoms. The van der Waals surface area contributed by atoms with Crippen LogP contribution in [0.15, 0.2) is 18.2 Å². The molecule has 1 atom stereocenters. The zero-order chi connectivity index (χ0) is 17.5. The molecular weight excluding hydrogens is 304 g/mol. The smallest absolute Gasteiger partial charge is 0.306 e. The molecule has 0 aromatic heterocycles. The molecule has 2 N–H and O–H groups in total. The average molecular weight is 334 g/mol. The summed E-state index contributed by atoms with van der Waals surface area (Å²) in [6.07, 6.45) is 3.35. The van der Waals surface area contributed by atoms with Gasteiger partial charge < -0.3 is 20.1 Å². The third kappa shape index (κ3) is 4.41. The maximum atomic E-state index is 11.6. The Morgan fingerprint density at radius 1 is 1.38 bits per heavy atom. The lowest BCUT2D eigenvalue weighted by atomic mass is 9.92. The molecular formula is C19H30N2O3. The van der Waals surface area contributed by atoms with Gasteiger partial charge in [0, 0.05) is 25.8 Å². The van der Waals surface area contributed by atoms with E-state index < -0.39 is 0 Å². The van der Waals surface area contributed by atoms with E-state index in [1.165, 1.54) is 7.11 Å². The molecule has 0 amide bonds. The van der Waals surface area contributed by atoms with Crippen molar-refractivity contribution in [2.24, 2.45) is 0 Å². The standard InChI is InChI=1S/C19H30N2O3/c1-4-14(13-19(22)23-3)15-6-7-18(17(20)12-15)21(5-2)16-8-10-24-11-9-16/h6-7,12,14,16H,4-5,8-11,13,20H2,1-3H3. The van der Waals surface area contributed by atoms with Crippen molar-refractivity contribution in [1.82, 2.24) is 0 Å². The Kier molecular flexibility index (Phi) is 6.91. The number of ether oxygens (including phenoxy) is 2. The Morgan fingerprint density at radius 2 is 2.08 bits per heavy atom. The molecule has 2 rings (SSSR count). The lowest BCUT2D eigenvalue weighted by Gasteiger charge is -2.36. The lowest BCUT2D eigenvalue weighted by Crippen LogP contribution is -2.39. The van der Waals surface area contributed by atoms with Crippen molar-refractivity contribution >= 4 is 17.3 Å². The molecule has 0 aliphatic carbocycles. The number of carbonyl (C=O) groups excluding carboxylic acids is 1. The quantitative estimate of drug-likeness (QED) is 0.612. The van der Waals surface area contributed by atoms with Crippen LogP contribution < -0.4 is 10.6 Å². The van der Waals surface area contributed by atoms with Gasteiger partial charge in [-0.05, 0) is 49.8 Å². The zero-order valence-electron chi connectivity index (χ0n) is 15.1. The fraction of sp³-hybridized carbons (Fsp3) is 0.632. The third-order valence-corrected chi connectivity index (χ3v) is 4.94. The first-order valence-electron chi connectivity index (χ1n) is 8.91. The minimum absolute atomic E-state index is 0.145. The summed E-state index contributed by atoms with van der Waals surface area (Å²) < 4.78 is 10.3. The number of esters is 1. The molecule has 24 heavy (non-hydrogen) atoms. The predicted molar refractivity (Wildman–Crippen MR) is 97.4 cm³/mol. The number of anilines is 2. The molecule has 0 spiro atoms. The van der Waals surface area contributed by atoms with Gasteiger partial charge in [-0.2, -0.15) is 0 Å². The first-order chi connectivity index (χ1) is 11.6. The molecule has 1 saturated heterocycles. The summed E-state index contributed by atoms with van der Waals surface area (Å²) in [5, 5.41) is 0. The third-order valence-electron chi connectivity index (χ3n) is 4.94. The van der Waals surface area contributed by atoms with Gasteiger partial charge >= 0.3 is 5.97 Å². The Morgan fingerprint density at radius 3 is 2.62 bits per heavy atom. The number of carbonyl (C=O) groups is 1. The second-order valence-electron chi connectivity index (χ2n) is 6.33. The van der Waals surface area contributed by atoms with Crippen molar-refractivity contribution in [3.8, 4) is 0 Å². The molecule has 134 valence electrons. The van der Waals surface area contributed by atoms with Gasteiger partial charge in [0.25, 0.3) is 0 Å². The van der Waals surface area contributed by atoms with Crippen LogP contribution in [0, 0.1) is 0 Å². The van der Waals surface area contributed by atoms with Crippen molar-refractivity contribution in [3.05, 3.63) is 23.8 Å². The van der Waals surface area contributed by atoms with Gasteiger partial charge in [-0.1, -0.05) is 13.0 Å². The van der Waals surface area contributed by atoms with Crippen LogP contribution in [0.1, 0.15) is 51.0 Å². The number of nitrogens with zero attached hydrogens (tertiary/aromatic N) is 1. The normalized spacial score (nSPS) is 16.6. The minimum atomic E-state index is -0.179. The van der Waals surface area contributed by atoms with Crippen LogP contribution in [0.4, 0.5) is 11.4 Å². The highest BCUT2D eigenvalue weighted by Gasteiger charge is 2.23. The van der Waals surface area contributed by atoms with Crippen molar-refractivity contribution in [3.63, 3.8) is 0 Å². The first-order valence-corrected chi connectivity index (χ1v) is 8.91. The molecule has 1 heterocycles. The molecule has 1 aromatic rings. The maximum absolute atomic E-state index is 11.6. The first kappa shape index (κ1) is 18.6. The van der Waals surface area contributed by atoms with E-state index in [0.717, 1.165) is 56.0 Å². The van der Waals surface area contributed by atoms with Crippen molar-refractivity contribution < 1.29 is 14.3 Å². The van der Waals surface area contributed by atoms with Gasteiger partial charge in [-0.3, -0.25) is 4.79 Å². The molecule has 1 aliphatic heterocycles. The Labute approximate surface area is 145 Å². The lowest BCUT2D eigenvalue weighted by molar-refractivity contribution is -0.141. The van der Waals surface area contributed by atoms with Gasteiger partial charge in [0.05, 0.1) is 24.9 Å². The van der Waals surface area contributed by atoms with E-state index in [1.54, 1.807) is 0 Å². The number of hydrogen-bond acceptors (Lipinski definition) is 5. The van der Waals surface area contributed by atoms with Crippen molar-refractivity contribution in [1.29, 1.82) is 0 Å². The van der Waals surface area contributed by atoms with Crippen LogP contribution in [0.25, 0.3) is 0 Å². The Bertz CT molecular complexity index is 541. The van der Waals surface area contributed by atoms with E-state index in [-0.39, 0.29) is 11.9 Å². The molecule has 5 nitrogen and oxygen atoms in total. The monoisotopic (exact) mass is 334 g/mol. The number of benzene rings is 1. The van der Waals surface area contributed by atoms with E-state index in [9.17, 15) is 4.79 Å². The van der Waals surface area contributed by atoms with Gasteiger partial charge in [0.15, 0.2) is 0 Å². The molecule has 1 fully saturated rings. The van der Waals surface area contributed by atoms with Crippen LogP contribution in [0.2, 0.25) is 0 Å². The molecule has 1 aromatic carbocycles. The zero-order valence-corrected chi connectivity index (χ0v) is 15.1. The largest absolute Gasteiger partial charge is 0.469 e. The van der Waals surface area contributed by atoms with Crippen molar-refractivity contribution in [2.45, 2.75) is 51.5 Å². The molecule has 1 unspecified atom stereocenters. The van der Waals surface area contributed by atoms with Crippen LogP contribution in [0.3, 0.4) is 0 Å². The number of rotatable bonds is 7. The van der Waals surface area contributed by atoms with E-state index in [2.05, 4.69) is 30.9 Å². The van der Waals surface area contributed by atoms with Crippen LogP contribution >= 0.6 is 0 Å². The summed E-state index contributed by atoms with van der Waals surface area (Å²) in [7, 11) is 1.43. The Balaban J connectivity index is 2.19. The Hall–Kier alpha value is -1.75. The predicted octanol–water partition coefficient (Wildman–Crippen LogP) is 3.33. The van der Waals surface area contributed by atoms with Crippen LogP contribution in [-0.2, 0) is 14.3 Å². The van der Waals surface area contributed by atoms with E-state index in [0.29, 0.717) is 12.5 Å². The van der Waals surface area contributed by atoms with Gasteiger partial charge in [-0.25, -0.2) is 0 Å². The van der Waals surface area contributed by atoms with Gasteiger partial charge in [-0.15, -0.1) is 0 Å². The summed E-state index contributed by atoms with van der Waals surface area (Å²) in [6.45, 7) is 6.80. The highest BCUT2D eigenvalue weighted by Crippen LogP contribution is 2.33. The van der Waals surface area contributed by atoms with Crippen molar-refractivity contribution in [2.75, 3.05) is 37.5 Å². The molecule has 1 aliphatic rings. The highest BCUT2D eigenvalue weighted by molar-refractivity contribution is 5.72. The number of methoxy groups -OCH3 is 1. The summed E-state index contributed by atoms with van der Waals surface area (Å²) in [5.41, 5.74) is 9.34. The summed E-state index contributed by atoms with van der Waals surface area (Å²) >= 11 is 0. The van der Waals surface area contributed by atoms with Crippen LogP contribution in [-0.4, -0.2) is 38.9 Å². The molecule has 0 saturated carbocycles. The number of nitrogens with two attached hydrogens (primary N) is 1. The summed E-state index contributed by atoms with van der Waals surface area (Å²) in [6, 6.07) is 6.71. The SMILES string of the molecule is CCC(CC(=O)OC)c1ccc(N(CC)C2CCOCC2)c(N)c1. The topological polar surface area (TPSA) is 64.8 Å². The van der Waals surface area contributed by atoms with E-state index >= 15 is 0 Å². The fourth-order valence-electron chi connectivity index (χ4n) is 3.49. The molecule has 0 bridgehead atoms. The van der Waals surface area contributed by atoms with Gasteiger partial charge in [0.1, 0.15) is 0 Å². The minimum Gasteiger partial charge on any atom is -0.469 e. The van der Waals surface area contributed by atoms with Crippen LogP contribution in [0.5, 0.6) is 0 Å². The average Bonchev–Trinajstić information content (AvgIpc) is 2.62. The van der Waals surface area contributed by atoms with E-state index in [1.807, 2.05) is 6.07 Å². The highest BCUT2D eigenvalue weighted by atomic mass is 16.5. The second-order valence-corrected chi connectivity index (χ2v) is 6.33. The number of hydrogen-bond donors (Lipinski definition) is 1. The molecule has 0 radical (unpaired) electrons. The summed E-state index contributed by atoms with van der Waals surface area (Å²) in [4.78, 5) is 14.0.